The van der Waals surface area contributed by atoms with E-state index in [9.17, 15) is 9.59 Å². The molecule has 2 aliphatic heterocycles. The van der Waals surface area contributed by atoms with Crippen molar-refractivity contribution in [3.05, 3.63) is 71.0 Å². The second-order valence-electron chi connectivity index (χ2n) is 10.4. The molecule has 1 amide bonds. The maximum atomic E-state index is 14.0. The summed E-state index contributed by atoms with van der Waals surface area (Å²) in [5.74, 6) is 2.23. The monoisotopic (exact) mass is 489 g/mol. The largest absolute Gasteiger partial charge is 0.497 e. The number of hydrogen-bond donors (Lipinski definition) is 0. The maximum Gasteiger partial charge on any atom is 0.290 e. The number of carbonyl (C=O) groups excluding carboxylic acids is 2. The summed E-state index contributed by atoms with van der Waals surface area (Å²) < 4.78 is 17.3. The van der Waals surface area contributed by atoms with Gasteiger partial charge < -0.3 is 19.1 Å². The third-order valence-electron chi connectivity index (χ3n) is 7.84. The van der Waals surface area contributed by atoms with Crippen LogP contribution in [0, 0.1) is 17.8 Å². The third-order valence-corrected chi connectivity index (χ3v) is 7.84. The predicted octanol–water partition coefficient (Wildman–Crippen LogP) is 5.12. The van der Waals surface area contributed by atoms with Crippen LogP contribution in [0.4, 0.5) is 0 Å². The van der Waals surface area contributed by atoms with E-state index in [0.29, 0.717) is 31.1 Å². The van der Waals surface area contributed by atoms with Crippen LogP contribution in [0.5, 0.6) is 11.5 Å². The van der Waals surface area contributed by atoms with Crippen molar-refractivity contribution in [1.82, 2.24) is 4.90 Å². The number of nitrogens with zero attached hydrogens (tertiary/aromatic N) is 1. The van der Waals surface area contributed by atoms with Crippen LogP contribution in [-0.4, -0.2) is 43.0 Å². The number of Topliss-reactive ketones (excluding diaryl/α,β-unsaturated/α-hetero) is 1. The number of ether oxygens (including phenoxy) is 3. The van der Waals surface area contributed by atoms with Gasteiger partial charge in [0, 0.05) is 6.54 Å². The van der Waals surface area contributed by atoms with Gasteiger partial charge in [0.15, 0.2) is 11.5 Å². The van der Waals surface area contributed by atoms with E-state index in [1.54, 1.807) is 7.11 Å². The Labute approximate surface area is 213 Å². The van der Waals surface area contributed by atoms with Gasteiger partial charge in [-0.15, -0.1) is 0 Å². The maximum absolute atomic E-state index is 14.0. The third kappa shape index (κ3) is 4.38. The average molecular weight is 490 g/mol. The number of amides is 1. The van der Waals surface area contributed by atoms with E-state index < -0.39 is 6.04 Å². The van der Waals surface area contributed by atoms with E-state index in [0.717, 1.165) is 35.5 Å². The topological polar surface area (TPSA) is 65.1 Å². The standard InChI is InChI=1S/C30H35NO5/c1-5-35-23-12-8-21(9-13-23)26-25-27(32)24-17-18(2)16-19(3)28(24)36-29(25)30(33)31(26)15-14-20-6-10-22(34-4)11-7-20/h6-13,18-19,24,26,28H,5,14-17H2,1-4H3. The summed E-state index contributed by atoms with van der Waals surface area (Å²) in [6, 6.07) is 15.2. The van der Waals surface area contributed by atoms with Gasteiger partial charge in [-0.1, -0.05) is 38.1 Å². The molecule has 2 aromatic rings. The van der Waals surface area contributed by atoms with Crippen molar-refractivity contribution in [1.29, 1.82) is 0 Å². The normalized spacial score (nSPS) is 27.4. The molecule has 5 unspecified atom stereocenters. The Morgan fingerprint density at radius 1 is 0.972 bits per heavy atom. The molecular formula is C30H35NO5. The Morgan fingerprint density at radius 3 is 2.33 bits per heavy atom. The molecule has 3 aliphatic rings. The number of hydrogen-bond acceptors (Lipinski definition) is 5. The van der Waals surface area contributed by atoms with Gasteiger partial charge in [0.1, 0.15) is 17.6 Å². The Bertz CT molecular complexity index is 1150. The lowest BCUT2D eigenvalue weighted by molar-refractivity contribution is -0.138. The lowest BCUT2D eigenvalue weighted by Crippen LogP contribution is -2.45. The predicted molar refractivity (Wildman–Crippen MR) is 137 cm³/mol. The van der Waals surface area contributed by atoms with Crippen molar-refractivity contribution in [3.8, 4) is 11.5 Å². The molecule has 0 N–H and O–H groups in total. The SMILES string of the molecule is CCOc1ccc(C2C3=C(OC4C(C)CC(C)CC4C3=O)C(=O)N2CCc2ccc(OC)cc2)cc1. The molecule has 190 valence electrons. The first-order valence-electron chi connectivity index (χ1n) is 13.0. The van der Waals surface area contributed by atoms with Crippen LogP contribution in [0.2, 0.25) is 0 Å². The van der Waals surface area contributed by atoms with Crippen molar-refractivity contribution in [2.75, 3.05) is 20.3 Å². The first-order valence-corrected chi connectivity index (χ1v) is 13.0. The highest BCUT2D eigenvalue weighted by Crippen LogP contribution is 2.49. The van der Waals surface area contributed by atoms with E-state index in [2.05, 4.69) is 13.8 Å². The minimum atomic E-state index is -0.456. The fourth-order valence-corrected chi connectivity index (χ4v) is 6.16. The zero-order valence-electron chi connectivity index (χ0n) is 21.5. The molecule has 1 aliphatic carbocycles. The van der Waals surface area contributed by atoms with Gasteiger partial charge in [-0.2, -0.15) is 0 Å². The van der Waals surface area contributed by atoms with Crippen LogP contribution in [0.1, 0.15) is 50.8 Å². The van der Waals surface area contributed by atoms with E-state index >= 15 is 0 Å². The Kier molecular flexibility index (Phi) is 6.78. The fraction of sp³-hybridized carbons (Fsp3) is 0.467. The Morgan fingerprint density at radius 2 is 1.67 bits per heavy atom. The van der Waals surface area contributed by atoms with Crippen molar-refractivity contribution < 1.29 is 23.8 Å². The molecule has 6 nitrogen and oxygen atoms in total. The molecule has 0 bridgehead atoms. The molecule has 1 saturated carbocycles. The van der Waals surface area contributed by atoms with Gasteiger partial charge in [0.25, 0.3) is 5.91 Å². The molecule has 0 radical (unpaired) electrons. The van der Waals surface area contributed by atoms with Crippen molar-refractivity contribution in [3.63, 3.8) is 0 Å². The van der Waals surface area contributed by atoms with E-state index in [1.807, 2.05) is 60.4 Å². The highest BCUT2D eigenvalue weighted by molar-refractivity contribution is 6.11. The zero-order chi connectivity index (χ0) is 25.4. The highest BCUT2D eigenvalue weighted by Gasteiger charge is 2.53. The Hall–Kier alpha value is -3.28. The van der Waals surface area contributed by atoms with Crippen molar-refractivity contribution in [2.24, 2.45) is 17.8 Å². The van der Waals surface area contributed by atoms with E-state index in [-0.39, 0.29) is 35.4 Å². The molecule has 0 spiro atoms. The van der Waals surface area contributed by atoms with Crippen LogP contribution in [0.15, 0.2) is 59.9 Å². The smallest absolute Gasteiger partial charge is 0.290 e. The van der Waals surface area contributed by atoms with Crippen molar-refractivity contribution >= 4 is 11.7 Å². The number of fused-ring (bicyclic) bond motifs is 1. The molecule has 2 aromatic carbocycles. The lowest BCUT2D eigenvalue weighted by Gasteiger charge is -2.41. The summed E-state index contributed by atoms with van der Waals surface area (Å²) in [5, 5.41) is 0. The summed E-state index contributed by atoms with van der Waals surface area (Å²) in [5.41, 5.74) is 2.53. The summed E-state index contributed by atoms with van der Waals surface area (Å²) in [4.78, 5) is 29.5. The number of ketones is 1. The molecule has 36 heavy (non-hydrogen) atoms. The van der Waals surface area contributed by atoms with E-state index in [4.69, 9.17) is 14.2 Å². The highest BCUT2D eigenvalue weighted by atomic mass is 16.5. The molecule has 2 heterocycles. The zero-order valence-corrected chi connectivity index (χ0v) is 21.5. The minimum absolute atomic E-state index is 0.0823. The van der Waals surface area contributed by atoms with Crippen LogP contribution < -0.4 is 9.47 Å². The second-order valence-corrected chi connectivity index (χ2v) is 10.4. The van der Waals surface area contributed by atoms with Gasteiger partial charge in [-0.05, 0) is 73.4 Å². The van der Waals surface area contributed by atoms with Gasteiger partial charge in [-0.25, -0.2) is 0 Å². The van der Waals surface area contributed by atoms with Crippen molar-refractivity contribution in [2.45, 2.75) is 52.2 Å². The van der Waals surface area contributed by atoms with E-state index in [1.165, 1.54) is 0 Å². The van der Waals surface area contributed by atoms with Gasteiger partial charge in [-0.3, -0.25) is 9.59 Å². The summed E-state index contributed by atoms with van der Waals surface area (Å²) in [6.07, 6.45) is 2.26. The molecule has 1 fully saturated rings. The lowest BCUT2D eigenvalue weighted by atomic mass is 9.70. The van der Waals surface area contributed by atoms with Crippen LogP contribution >= 0.6 is 0 Å². The second kappa shape index (κ2) is 10.00. The Balaban J connectivity index is 1.48. The molecule has 5 atom stereocenters. The number of rotatable bonds is 7. The average Bonchev–Trinajstić information content (AvgIpc) is 3.16. The first kappa shape index (κ1) is 24.4. The summed E-state index contributed by atoms with van der Waals surface area (Å²) in [6.45, 7) is 7.35. The van der Waals surface area contributed by atoms with Gasteiger partial charge in [0.2, 0.25) is 0 Å². The van der Waals surface area contributed by atoms with Crippen LogP contribution in [-0.2, 0) is 20.7 Å². The molecule has 5 rings (SSSR count). The summed E-state index contributed by atoms with van der Waals surface area (Å²) >= 11 is 0. The van der Waals surface area contributed by atoms with Crippen LogP contribution in [0.3, 0.4) is 0 Å². The van der Waals surface area contributed by atoms with Crippen LogP contribution in [0.25, 0.3) is 0 Å². The molecule has 0 aromatic heterocycles. The number of benzene rings is 2. The molecule has 6 heteroatoms. The number of carbonyl (C=O) groups is 2. The van der Waals surface area contributed by atoms with Gasteiger partial charge >= 0.3 is 0 Å². The van der Waals surface area contributed by atoms with Gasteiger partial charge in [0.05, 0.1) is 31.2 Å². The quantitative estimate of drug-likeness (QED) is 0.540. The molecular weight excluding hydrogens is 454 g/mol. The first-order chi connectivity index (χ1) is 17.4. The number of methoxy groups -OCH3 is 1. The minimum Gasteiger partial charge on any atom is -0.497 e. The fourth-order valence-electron chi connectivity index (χ4n) is 6.16. The summed E-state index contributed by atoms with van der Waals surface area (Å²) in [7, 11) is 1.64. The molecule has 0 saturated heterocycles.